The van der Waals surface area contributed by atoms with Crippen molar-refractivity contribution in [2.75, 3.05) is 0 Å². The van der Waals surface area contributed by atoms with Crippen molar-refractivity contribution in [3.8, 4) is 5.75 Å². The molecule has 0 bridgehead atoms. The van der Waals surface area contributed by atoms with Crippen LogP contribution in [0.25, 0.3) is 0 Å². The van der Waals surface area contributed by atoms with E-state index in [9.17, 15) is 4.39 Å². The van der Waals surface area contributed by atoms with Crippen molar-refractivity contribution in [1.82, 2.24) is 0 Å². The van der Waals surface area contributed by atoms with E-state index in [0.717, 1.165) is 18.8 Å². The lowest BCUT2D eigenvalue weighted by Crippen LogP contribution is -2.18. The lowest BCUT2D eigenvalue weighted by Gasteiger charge is -2.31. The topological polar surface area (TPSA) is 21.6 Å². The first-order valence-corrected chi connectivity index (χ1v) is 7.53. The Balaban J connectivity index is 2.19. The molecular formula is C16H21ClFNO. The lowest BCUT2D eigenvalue weighted by molar-refractivity contribution is 0.258. The van der Waals surface area contributed by atoms with Crippen molar-refractivity contribution in [2.24, 2.45) is 17.0 Å². The van der Waals surface area contributed by atoms with Gasteiger partial charge in [-0.15, -0.1) is 0 Å². The van der Waals surface area contributed by atoms with Crippen LogP contribution in [-0.2, 0) is 0 Å². The summed E-state index contributed by atoms with van der Waals surface area (Å²) < 4.78 is 14.4. The second kappa shape index (κ2) is 6.57. The van der Waals surface area contributed by atoms with Gasteiger partial charge in [-0.05, 0) is 42.2 Å². The first-order chi connectivity index (χ1) is 9.54. The third-order valence-corrected chi connectivity index (χ3v) is 4.85. The fourth-order valence-corrected chi connectivity index (χ4v) is 3.28. The molecule has 1 aromatic rings. The minimum atomic E-state index is -0.390. The fraction of sp³-hybridized carbons (Fsp3) is 0.562. The van der Waals surface area contributed by atoms with Gasteiger partial charge in [-0.3, -0.25) is 0 Å². The monoisotopic (exact) mass is 297 g/mol. The molecule has 1 fully saturated rings. The van der Waals surface area contributed by atoms with Crippen LogP contribution in [0.2, 0.25) is 5.02 Å². The van der Waals surface area contributed by atoms with Gasteiger partial charge in [0.15, 0.2) is 5.75 Å². The second-order valence-corrected chi connectivity index (χ2v) is 6.19. The number of benzene rings is 1. The van der Waals surface area contributed by atoms with E-state index in [1.54, 1.807) is 12.1 Å². The SMILES string of the molecule is C=NOc1ccc(C(C)C2CCC(C)CC2)c(F)c1Cl. The molecule has 0 radical (unpaired) electrons. The summed E-state index contributed by atoms with van der Waals surface area (Å²) in [6.45, 7) is 7.58. The van der Waals surface area contributed by atoms with Crippen LogP contribution in [0.5, 0.6) is 5.75 Å². The molecule has 110 valence electrons. The average molecular weight is 298 g/mol. The van der Waals surface area contributed by atoms with Gasteiger partial charge < -0.3 is 4.84 Å². The summed E-state index contributed by atoms with van der Waals surface area (Å²) in [5.41, 5.74) is 0.672. The van der Waals surface area contributed by atoms with Crippen LogP contribution >= 0.6 is 11.6 Å². The summed E-state index contributed by atoms with van der Waals surface area (Å²) in [4.78, 5) is 4.85. The molecule has 1 aromatic carbocycles. The quantitative estimate of drug-likeness (QED) is 0.538. The molecule has 0 amide bonds. The molecule has 1 aliphatic carbocycles. The zero-order chi connectivity index (χ0) is 14.7. The fourth-order valence-electron chi connectivity index (χ4n) is 3.08. The maximum atomic E-state index is 14.4. The van der Waals surface area contributed by atoms with Gasteiger partial charge in [-0.2, -0.15) is 0 Å². The highest BCUT2D eigenvalue weighted by Gasteiger charge is 2.27. The van der Waals surface area contributed by atoms with E-state index in [1.807, 2.05) is 0 Å². The Morgan fingerprint density at radius 3 is 2.60 bits per heavy atom. The van der Waals surface area contributed by atoms with Crippen molar-refractivity contribution >= 4 is 18.3 Å². The maximum absolute atomic E-state index is 14.4. The van der Waals surface area contributed by atoms with Crippen LogP contribution in [0, 0.1) is 17.7 Å². The Bertz CT molecular complexity index is 484. The van der Waals surface area contributed by atoms with Crippen molar-refractivity contribution in [3.63, 3.8) is 0 Å². The molecule has 1 saturated carbocycles. The van der Waals surface area contributed by atoms with Gasteiger partial charge in [-0.25, -0.2) is 4.39 Å². The summed E-state index contributed by atoms with van der Waals surface area (Å²) in [5.74, 6) is 1.32. The number of rotatable bonds is 4. The largest absolute Gasteiger partial charge is 0.356 e. The molecule has 2 rings (SSSR count). The molecule has 0 spiro atoms. The van der Waals surface area contributed by atoms with Gasteiger partial charge in [0.25, 0.3) is 0 Å². The Hall–Kier alpha value is -1.09. The van der Waals surface area contributed by atoms with Gasteiger partial charge >= 0.3 is 0 Å². The Labute approximate surface area is 125 Å². The van der Waals surface area contributed by atoms with E-state index in [4.69, 9.17) is 16.4 Å². The van der Waals surface area contributed by atoms with E-state index in [-0.39, 0.29) is 22.5 Å². The van der Waals surface area contributed by atoms with Gasteiger partial charge in [0.05, 0.1) is 0 Å². The zero-order valence-corrected chi connectivity index (χ0v) is 12.8. The van der Waals surface area contributed by atoms with Crippen LogP contribution in [-0.4, -0.2) is 6.72 Å². The highest BCUT2D eigenvalue weighted by Crippen LogP contribution is 2.41. The number of hydrogen-bond donors (Lipinski definition) is 0. The summed E-state index contributed by atoms with van der Waals surface area (Å²) in [6.07, 6.45) is 4.77. The Morgan fingerprint density at radius 2 is 2.00 bits per heavy atom. The highest BCUT2D eigenvalue weighted by atomic mass is 35.5. The lowest BCUT2D eigenvalue weighted by atomic mass is 9.74. The predicted octanol–water partition coefficient (Wildman–Crippen LogP) is 5.40. The first kappa shape index (κ1) is 15.3. The van der Waals surface area contributed by atoms with Crippen LogP contribution in [0.1, 0.15) is 51.0 Å². The van der Waals surface area contributed by atoms with E-state index in [1.165, 1.54) is 12.8 Å². The van der Waals surface area contributed by atoms with Crippen LogP contribution in [0.4, 0.5) is 4.39 Å². The Morgan fingerprint density at radius 1 is 1.35 bits per heavy atom. The van der Waals surface area contributed by atoms with Gasteiger partial charge in [-0.1, -0.05) is 49.5 Å². The van der Waals surface area contributed by atoms with Crippen LogP contribution in [0.15, 0.2) is 17.3 Å². The molecule has 2 nitrogen and oxygen atoms in total. The molecule has 4 heteroatoms. The molecule has 0 aliphatic heterocycles. The number of nitrogens with zero attached hydrogens (tertiary/aromatic N) is 1. The molecular weight excluding hydrogens is 277 g/mol. The molecule has 0 saturated heterocycles. The Kier molecular flexibility index (Phi) is 5.03. The number of halogens is 2. The molecule has 1 aliphatic rings. The van der Waals surface area contributed by atoms with E-state index in [2.05, 4.69) is 25.7 Å². The average Bonchev–Trinajstić information content (AvgIpc) is 2.44. The third kappa shape index (κ3) is 3.14. The molecule has 20 heavy (non-hydrogen) atoms. The molecule has 1 unspecified atom stereocenters. The second-order valence-electron chi connectivity index (χ2n) is 5.81. The minimum absolute atomic E-state index is 0.00840. The first-order valence-electron chi connectivity index (χ1n) is 7.15. The van der Waals surface area contributed by atoms with Gasteiger partial charge in [0, 0.05) is 6.72 Å². The molecule has 0 heterocycles. The van der Waals surface area contributed by atoms with Crippen molar-refractivity contribution in [2.45, 2.75) is 45.4 Å². The van der Waals surface area contributed by atoms with Crippen LogP contribution < -0.4 is 4.84 Å². The highest BCUT2D eigenvalue weighted by molar-refractivity contribution is 6.32. The third-order valence-electron chi connectivity index (χ3n) is 4.50. The molecule has 0 aromatic heterocycles. The van der Waals surface area contributed by atoms with E-state index >= 15 is 0 Å². The maximum Gasteiger partial charge on any atom is 0.179 e. The predicted molar refractivity (Wildman–Crippen MR) is 81.1 cm³/mol. The zero-order valence-electron chi connectivity index (χ0n) is 12.0. The summed E-state index contributed by atoms with van der Waals surface area (Å²) in [5, 5.41) is 3.27. The number of oxime groups is 1. The normalized spacial score (nSPS) is 24.2. The summed E-state index contributed by atoms with van der Waals surface area (Å²) >= 11 is 6.00. The van der Waals surface area contributed by atoms with E-state index < -0.39 is 0 Å². The van der Waals surface area contributed by atoms with E-state index in [0.29, 0.717) is 11.5 Å². The molecule has 0 N–H and O–H groups in total. The summed E-state index contributed by atoms with van der Waals surface area (Å²) in [7, 11) is 0. The van der Waals surface area contributed by atoms with Gasteiger partial charge in [0.2, 0.25) is 0 Å². The van der Waals surface area contributed by atoms with Crippen molar-refractivity contribution < 1.29 is 9.23 Å². The standard InChI is InChI=1S/C16H21ClFNO/c1-10-4-6-12(7-5-10)11(2)13-8-9-14(20-19-3)15(17)16(13)18/h8-12H,3-7H2,1-2H3. The van der Waals surface area contributed by atoms with Crippen LogP contribution in [0.3, 0.4) is 0 Å². The summed E-state index contributed by atoms with van der Waals surface area (Å²) in [6, 6.07) is 3.42. The molecule has 1 atom stereocenters. The number of hydrogen-bond acceptors (Lipinski definition) is 2. The van der Waals surface area contributed by atoms with Crippen molar-refractivity contribution in [3.05, 3.63) is 28.5 Å². The van der Waals surface area contributed by atoms with Gasteiger partial charge in [0.1, 0.15) is 10.8 Å². The van der Waals surface area contributed by atoms with Crippen molar-refractivity contribution in [1.29, 1.82) is 0 Å². The minimum Gasteiger partial charge on any atom is -0.356 e. The smallest absolute Gasteiger partial charge is 0.179 e.